The van der Waals surface area contributed by atoms with Gasteiger partial charge in [0.25, 0.3) is 0 Å². The molecule has 0 heterocycles. The molecule has 1 unspecified atom stereocenters. The molecule has 1 atom stereocenters. The minimum atomic E-state index is -2.63. The SMILES string of the molecule is C#CC(NC(=O)OCC1c2ccccc2-c2ccccc21)C1CCC(F)(F)CC1. The van der Waals surface area contributed by atoms with E-state index < -0.39 is 18.1 Å². The van der Waals surface area contributed by atoms with Crippen LogP contribution in [0.1, 0.15) is 42.7 Å². The van der Waals surface area contributed by atoms with Crippen LogP contribution >= 0.6 is 0 Å². The van der Waals surface area contributed by atoms with E-state index in [9.17, 15) is 13.6 Å². The van der Waals surface area contributed by atoms with E-state index >= 15 is 0 Å². The van der Waals surface area contributed by atoms with E-state index in [0.717, 1.165) is 22.3 Å². The second kappa shape index (κ2) is 7.87. The van der Waals surface area contributed by atoms with Gasteiger partial charge in [-0.3, -0.25) is 0 Å². The first-order valence-corrected chi connectivity index (χ1v) is 9.94. The Labute approximate surface area is 169 Å². The molecule has 5 heteroatoms. The highest BCUT2D eigenvalue weighted by Crippen LogP contribution is 2.44. The number of fused-ring (bicyclic) bond motifs is 3. The summed E-state index contributed by atoms with van der Waals surface area (Å²) in [6, 6.07) is 15.6. The first-order chi connectivity index (χ1) is 14.0. The van der Waals surface area contributed by atoms with E-state index in [-0.39, 0.29) is 31.3 Å². The summed E-state index contributed by atoms with van der Waals surface area (Å²) >= 11 is 0. The van der Waals surface area contributed by atoms with Crippen LogP contribution in [0, 0.1) is 18.3 Å². The second-order valence-electron chi connectivity index (χ2n) is 7.81. The first kappa shape index (κ1) is 19.4. The van der Waals surface area contributed by atoms with Gasteiger partial charge >= 0.3 is 6.09 Å². The van der Waals surface area contributed by atoms with Crippen LogP contribution in [0.3, 0.4) is 0 Å². The van der Waals surface area contributed by atoms with Gasteiger partial charge in [0.05, 0.1) is 6.04 Å². The second-order valence-corrected chi connectivity index (χ2v) is 7.81. The topological polar surface area (TPSA) is 38.3 Å². The number of ether oxygens (including phenoxy) is 1. The number of hydrogen-bond acceptors (Lipinski definition) is 2. The summed E-state index contributed by atoms with van der Waals surface area (Å²) in [4.78, 5) is 12.4. The van der Waals surface area contributed by atoms with Gasteiger partial charge in [0.2, 0.25) is 5.92 Å². The highest BCUT2D eigenvalue weighted by molar-refractivity contribution is 5.79. The zero-order valence-corrected chi connectivity index (χ0v) is 16.0. The Morgan fingerprint density at radius 3 is 2.21 bits per heavy atom. The lowest BCUT2D eigenvalue weighted by Crippen LogP contribution is -2.42. The summed E-state index contributed by atoms with van der Waals surface area (Å²) in [5.41, 5.74) is 4.57. The lowest BCUT2D eigenvalue weighted by Gasteiger charge is -2.31. The van der Waals surface area contributed by atoms with Gasteiger partial charge in [-0.25, -0.2) is 13.6 Å². The number of alkyl halides is 2. The zero-order valence-electron chi connectivity index (χ0n) is 16.0. The zero-order chi connectivity index (χ0) is 20.4. The predicted molar refractivity (Wildman–Crippen MR) is 108 cm³/mol. The van der Waals surface area contributed by atoms with Crippen molar-refractivity contribution in [3.8, 4) is 23.5 Å². The van der Waals surface area contributed by atoms with Crippen LogP contribution in [0.15, 0.2) is 48.5 Å². The van der Waals surface area contributed by atoms with Crippen molar-refractivity contribution in [2.45, 2.75) is 43.6 Å². The summed E-state index contributed by atoms with van der Waals surface area (Å²) in [6.45, 7) is 0.194. The van der Waals surface area contributed by atoms with E-state index in [2.05, 4.69) is 23.4 Å². The van der Waals surface area contributed by atoms with Crippen molar-refractivity contribution in [2.24, 2.45) is 5.92 Å². The number of hydrogen-bond donors (Lipinski definition) is 1. The quantitative estimate of drug-likeness (QED) is 0.709. The molecule has 2 aromatic rings. The van der Waals surface area contributed by atoms with Crippen molar-refractivity contribution in [1.29, 1.82) is 0 Å². The molecule has 1 amide bonds. The van der Waals surface area contributed by atoms with Crippen molar-refractivity contribution < 1.29 is 18.3 Å². The van der Waals surface area contributed by atoms with E-state index in [1.54, 1.807) is 0 Å². The number of nitrogens with one attached hydrogen (secondary N) is 1. The third-order valence-corrected chi connectivity index (χ3v) is 6.03. The Hall–Kier alpha value is -2.87. The Morgan fingerprint density at radius 2 is 1.66 bits per heavy atom. The number of carbonyl (C=O) groups is 1. The fourth-order valence-corrected chi connectivity index (χ4v) is 4.46. The molecule has 0 bridgehead atoms. The summed E-state index contributed by atoms with van der Waals surface area (Å²) in [5.74, 6) is -0.282. The molecular formula is C24H23F2NO2. The first-order valence-electron chi connectivity index (χ1n) is 9.94. The van der Waals surface area contributed by atoms with E-state index in [0.29, 0.717) is 12.8 Å². The smallest absolute Gasteiger partial charge is 0.408 e. The maximum atomic E-state index is 13.4. The maximum Gasteiger partial charge on any atom is 0.408 e. The van der Waals surface area contributed by atoms with Gasteiger partial charge in [-0.1, -0.05) is 54.5 Å². The molecule has 0 saturated heterocycles. The molecule has 0 radical (unpaired) electrons. The lowest BCUT2D eigenvalue weighted by molar-refractivity contribution is -0.0474. The van der Waals surface area contributed by atoms with Gasteiger partial charge in [0, 0.05) is 18.8 Å². The van der Waals surface area contributed by atoms with Crippen LogP contribution in [-0.2, 0) is 4.74 Å². The Kier molecular flexibility index (Phi) is 5.27. The van der Waals surface area contributed by atoms with Gasteiger partial charge < -0.3 is 10.1 Å². The van der Waals surface area contributed by atoms with Gasteiger partial charge in [-0.15, -0.1) is 6.42 Å². The number of amides is 1. The third kappa shape index (κ3) is 3.98. The minimum absolute atomic E-state index is 0.0363. The Morgan fingerprint density at radius 1 is 1.10 bits per heavy atom. The number of benzene rings is 2. The summed E-state index contributed by atoms with van der Waals surface area (Å²) in [7, 11) is 0. The van der Waals surface area contributed by atoms with Crippen LogP contribution in [0.5, 0.6) is 0 Å². The average molecular weight is 395 g/mol. The van der Waals surface area contributed by atoms with Gasteiger partial charge in [0.1, 0.15) is 6.61 Å². The van der Waals surface area contributed by atoms with Crippen LogP contribution in [-0.4, -0.2) is 24.7 Å². The molecule has 4 rings (SSSR count). The molecular weight excluding hydrogens is 372 g/mol. The van der Waals surface area contributed by atoms with Crippen LogP contribution in [0.25, 0.3) is 11.1 Å². The fourth-order valence-electron chi connectivity index (χ4n) is 4.46. The molecule has 0 aliphatic heterocycles. The molecule has 2 aromatic carbocycles. The molecule has 1 fully saturated rings. The Bertz CT molecular complexity index is 894. The minimum Gasteiger partial charge on any atom is -0.449 e. The standard InChI is InChI=1S/C24H23F2NO2/c1-2-22(16-11-13-24(25,26)14-12-16)27-23(28)29-15-21-19-9-5-3-7-17(19)18-8-4-6-10-20(18)21/h1,3-10,16,21-22H,11-15H2,(H,27,28). The molecule has 150 valence electrons. The number of halogens is 2. The van der Waals surface area contributed by atoms with E-state index in [1.165, 1.54) is 0 Å². The summed E-state index contributed by atoms with van der Waals surface area (Å²) < 4.78 is 32.3. The molecule has 3 nitrogen and oxygen atoms in total. The molecule has 2 aliphatic rings. The summed E-state index contributed by atoms with van der Waals surface area (Å²) in [6.07, 6.45) is 5.16. The van der Waals surface area contributed by atoms with Gasteiger partial charge in [0.15, 0.2) is 0 Å². The highest BCUT2D eigenvalue weighted by atomic mass is 19.3. The van der Waals surface area contributed by atoms with Crippen molar-refractivity contribution in [2.75, 3.05) is 6.61 Å². The summed E-state index contributed by atoms with van der Waals surface area (Å²) in [5, 5.41) is 2.69. The molecule has 1 saturated carbocycles. The lowest BCUT2D eigenvalue weighted by atomic mass is 9.82. The Balaban J connectivity index is 1.39. The predicted octanol–water partition coefficient (Wildman–Crippen LogP) is 5.35. The van der Waals surface area contributed by atoms with Crippen molar-refractivity contribution >= 4 is 6.09 Å². The van der Waals surface area contributed by atoms with Crippen molar-refractivity contribution in [3.05, 3.63) is 59.7 Å². The normalized spacial score (nSPS) is 18.9. The van der Waals surface area contributed by atoms with Crippen LogP contribution < -0.4 is 5.32 Å². The van der Waals surface area contributed by atoms with Crippen LogP contribution in [0.2, 0.25) is 0 Å². The van der Waals surface area contributed by atoms with Gasteiger partial charge in [-0.05, 0) is 41.0 Å². The van der Waals surface area contributed by atoms with Crippen molar-refractivity contribution in [1.82, 2.24) is 5.32 Å². The fraction of sp³-hybridized carbons (Fsp3) is 0.375. The average Bonchev–Trinajstić information content (AvgIpc) is 3.05. The monoisotopic (exact) mass is 395 g/mol. The third-order valence-electron chi connectivity index (χ3n) is 6.03. The van der Waals surface area contributed by atoms with Gasteiger partial charge in [-0.2, -0.15) is 0 Å². The van der Waals surface area contributed by atoms with Crippen LogP contribution in [0.4, 0.5) is 13.6 Å². The number of terminal acetylenes is 1. The maximum absolute atomic E-state index is 13.4. The van der Waals surface area contributed by atoms with E-state index in [4.69, 9.17) is 11.2 Å². The molecule has 29 heavy (non-hydrogen) atoms. The number of carbonyl (C=O) groups excluding carboxylic acids is 1. The molecule has 2 aliphatic carbocycles. The number of rotatable bonds is 4. The molecule has 1 N–H and O–H groups in total. The largest absolute Gasteiger partial charge is 0.449 e. The van der Waals surface area contributed by atoms with E-state index in [1.807, 2.05) is 36.4 Å². The van der Waals surface area contributed by atoms with Crippen molar-refractivity contribution in [3.63, 3.8) is 0 Å². The highest BCUT2D eigenvalue weighted by Gasteiger charge is 2.38. The number of alkyl carbamates (subject to hydrolysis) is 1. The molecule has 0 spiro atoms. The molecule has 0 aromatic heterocycles.